The number of halogens is 1. The third-order valence-electron chi connectivity index (χ3n) is 2.85. The summed E-state index contributed by atoms with van der Waals surface area (Å²) in [6.45, 7) is 1.48. The molecule has 0 aliphatic rings. The third-order valence-corrected chi connectivity index (χ3v) is 2.85. The number of ether oxygens (including phenoxy) is 1. The fraction of sp³-hybridized carbons (Fsp3) is 0.125. The first-order valence-electron chi connectivity index (χ1n) is 6.54. The van der Waals surface area contributed by atoms with Crippen molar-refractivity contribution in [1.82, 2.24) is 0 Å². The van der Waals surface area contributed by atoms with Gasteiger partial charge in [-0.3, -0.25) is 9.59 Å². The van der Waals surface area contributed by atoms with Crippen LogP contribution in [0, 0.1) is 12.7 Å². The van der Waals surface area contributed by atoms with E-state index in [-0.39, 0.29) is 17.9 Å². The largest absolute Gasteiger partial charge is 0.484 e. The number of nitrogens with two attached hydrogens (primary N) is 1. The number of carbonyl (C=O) groups excluding carboxylic acids is 2. The highest BCUT2D eigenvalue weighted by molar-refractivity contribution is 6.04. The Kier molecular flexibility index (Phi) is 4.73. The average molecular weight is 302 g/mol. The van der Waals surface area contributed by atoms with Crippen LogP contribution in [0.5, 0.6) is 5.75 Å². The first kappa shape index (κ1) is 15.5. The lowest BCUT2D eigenvalue weighted by atomic mass is 10.1. The van der Waals surface area contributed by atoms with Crippen LogP contribution in [0.2, 0.25) is 0 Å². The van der Waals surface area contributed by atoms with Crippen molar-refractivity contribution in [1.29, 1.82) is 0 Å². The standard InChI is InChI=1S/C16H15FN2O3/c1-10-5-6-14(13(17)7-10)19-16(21)11-3-2-4-12(8-11)22-9-15(18)20/h2-8H,9H2,1H3,(H2,18,20)(H,19,21). The van der Waals surface area contributed by atoms with Crippen molar-refractivity contribution in [2.24, 2.45) is 5.73 Å². The molecule has 0 saturated carbocycles. The first-order chi connectivity index (χ1) is 10.5. The second-order valence-corrected chi connectivity index (χ2v) is 4.72. The van der Waals surface area contributed by atoms with Crippen molar-refractivity contribution in [3.63, 3.8) is 0 Å². The predicted molar refractivity (Wildman–Crippen MR) is 80.2 cm³/mol. The molecule has 0 aliphatic carbocycles. The molecule has 0 aliphatic heterocycles. The quantitative estimate of drug-likeness (QED) is 0.888. The molecule has 0 aromatic heterocycles. The number of aryl methyl sites for hydroxylation is 1. The van der Waals surface area contributed by atoms with Crippen molar-refractivity contribution in [3.8, 4) is 5.75 Å². The van der Waals surface area contributed by atoms with Gasteiger partial charge in [-0.25, -0.2) is 4.39 Å². The van der Waals surface area contributed by atoms with Crippen LogP contribution in [0.3, 0.4) is 0 Å². The fourth-order valence-electron chi connectivity index (χ4n) is 1.80. The van der Waals surface area contributed by atoms with Gasteiger partial charge in [0.15, 0.2) is 6.61 Å². The van der Waals surface area contributed by atoms with Gasteiger partial charge in [0.05, 0.1) is 5.69 Å². The molecule has 0 radical (unpaired) electrons. The monoisotopic (exact) mass is 302 g/mol. The van der Waals surface area contributed by atoms with Crippen LogP contribution in [0.15, 0.2) is 42.5 Å². The highest BCUT2D eigenvalue weighted by Crippen LogP contribution is 2.18. The van der Waals surface area contributed by atoms with Crippen molar-refractivity contribution >= 4 is 17.5 Å². The van der Waals surface area contributed by atoms with E-state index < -0.39 is 17.6 Å². The molecule has 0 spiro atoms. The molecule has 2 rings (SSSR count). The summed E-state index contributed by atoms with van der Waals surface area (Å²) in [6.07, 6.45) is 0. The maximum Gasteiger partial charge on any atom is 0.255 e. The normalized spacial score (nSPS) is 10.1. The lowest BCUT2D eigenvalue weighted by Crippen LogP contribution is -2.20. The minimum Gasteiger partial charge on any atom is -0.484 e. The molecular weight excluding hydrogens is 287 g/mol. The Labute approximate surface area is 126 Å². The zero-order valence-electron chi connectivity index (χ0n) is 11.9. The molecular formula is C16H15FN2O3. The van der Waals surface area contributed by atoms with E-state index in [9.17, 15) is 14.0 Å². The Hall–Kier alpha value is -2.89. The topological polar surface area (TPSA) is 81.4 Å². The molecule has 0 fully saturated rings. The summed E-state index contributed by atoms with van der Waals surface area (Å²) in [5.41, 5.74) is 6.12. The number of hydrogen-bond acceptors (Lipinski definition) is 3. The molecule has 5 nitrogen and oxygen atoms in total. The molecule has 2 amide bonds. The van der Waals surface area contributed by atoms with Gasteiger partial charge in [-0.2, -0.15) is 0 Å². The first-order valence-corrected chi connectivity index (χ1v) is 6.54. The van der Waals surface area contributed by atoms with Gasteiger partial charge in [0.2, 0.25) is 0 Å². The number of hydrogen-bond donors (Lipinski definition) is 2. The summed E-state index contributed by atoms with van der Waals surface area (Å²) in [5, 5.41) is 2.48. The van der Waals surface area contributed by atoms with Crippen LogP contribution in [0.25, 0.3) is 0 Å². The number of rotatable bonds is 5. The summed E-state index contributed by atoms with van der Waals surface area (Å²) in [6, 6.07) is 10.7. The Morgan fingerprint density at radius 2 is 2.00 bits per heavy atom. The molecule has 0 unspecified atom stereocenters. The van der Waals surface area contributed by atoms with Gasteiger partial charge < -0.3 is 15.8 Å². The zero-order valence-corrected chi connectivity index (χ0v) is 11.9. The van der Waals surface area contributed by atoms with E-state index in [1.54, 1.807) is 31.2 Å². The van der Waals surface area contributed by atoms with Crippen molar-refractivity contribution in [2.75, 3.05) is 11.9 Å². The second-order valence-electron chi connectivity index (χ2n) is 4.72. The number of amides is 2. The van der Waals surface area contributed by atoms with Crippen LogP contribution in [-0.4, -0.2) is 18.4 Å². The lowest BCUT2D eigenvalue weighted by Gasteiger charge is -2.09. The van der Waals surface area contributed by atoms with Gasteiger partial charge in [0, 0.05) is 5.56 Å². The summed E-state index contributed by atoms with van der Waals surface area (Å²) in [4.78, 5) is 22.8. The molecule has 0 bridgehead atoms. The maximum atomic E-state index is 13.7. The van der Waals surface area contributed by atoms with Crippen LogP contribution >= 0.6 is 0 Å². The van der Waals surface area contributed by atoms with Gasteiger partial charge >= 0.3 is 0 Å². The highest BCUT2D eigenvalue weighted by atomic mass is 19.1. The Balaban J connectivity index is 2.12. The molecule has 114 valence electrons. The van der Waals surface area contributed by atoms with Crippen LogP contribution < -0.4 is 15.8 Å². The van der Waals surface area contributed by atoms with Crippen molar-refractivity contribution < 1.29 is 18.7 Å². The van der Waals surface area contributed by atoms with E-state index >= 15 is 0 Å². The molecule has 0 saturated heterocycles. The maximum absolute atomic E-state index is 13.7. The SMILES string of the molecule is Cc1ccc(NC(=O)c2cccc(OCC(N)=O)c2)c(F)c1. The molecule has 0 heterocycles. The van der Waals surface area contributed by atoms with Crippen molar-refractivity contribution in [2.45, 2.75) is 6.92 Å². The molecule has 3 N–H and O–H groups in total. The van der Waals surface area contributed by atoms with E-state index in [0.717, 1.165) is 5.56 Å². The molecule has 6 heteroatoms. The van der Waals surface area contributed by atoms with E-state index in [4.69, 9.17) is 10.5 Å². The molecule has 22 heavy (non-hydrogen) atoms. The summed E-state index contributed by atoms with van der Waals surface area (Å²) in [7, 11) is 0. The number of carbonyl (C=O) groups is 2. The Morgan fingerprint density at radius 3 is 2.68 bits per heavy atom. The smallest absolute Gasteiger partial charge is 0.255 e. The number of anilines is 1. The van der Waals surface area contributed by atoms with Gasteiger partial charge in [0.1, 0.15) is 11.6 Å². The van der Waals surface area contributed by atoms with Crippen LogP contribution in [0.1, 0.15) is 15.9 Å². The Morgan fingerprint density at radius 1 is 1.23 bits per heavy atom. The van der Waals surface area contributed by atoms with Gasteiger partial charge in [-0.05, 0) is 42.8 Å². The average Bonchev–Trinajstić information content (AvgIpc) is 2.48. The van der Waals surface area contributed by atoms with E-state index in [2.05, 4.69) is 5.32 Å². The predicted octanol–water partition coefficient (Wildman–Crippen LogP) is 2.25. The Bertz CT molecular complexity index is 716. The fourth-order valence-corrected chi connectivity index (χ4v) is 1.80. The molecule has 2 aromatic carbocycles. The highest BCUT2D eigenvalue weighted by Gasteiger charge is 2.10. The van der Waals surface area contributed by atoms with Gasteiger partial charge in [0.25, 0.3) is 11.8 Å². The molecule has 2 aromatic rings. The van der Waals surface area contributed by atoms with E-state index in [1.807, 2.05) is 0 Å². The lowest BCUT2D eigenvalue weighted by molar-refractivity contribution is -0.119. The van der Waals surface area contributed by atoms with Gasteiger partial charge in [-0.15, -0.1) is 0 Å². The summed E-state index contributed by atoms with van der Waals surface area (Å²) >= 11 is 0. The van der Waals surface area contributed by atoms with E-state index in [0.29, 0.717) is 5.75 Å². The van der Waals surface area contributed by atoms with Crippen LogP contribution in [-0.2, 0) is 4.79 Å². The molecule has 0 atom stereocenters. The zero-order chi connectivity index (χ0) is 16.1. The van der Waals surface area contributed by atoms with Gasteiger partial charge in [-0.1, -0.05) is 12.1 Å². The number of nitrogens with one attached hydrogen (secondary N) is 1. The second kappa shape index (κ2) is 6.71. The summed E-state index contributed by atoms with van der Waals surface area (Å²) < 4.78 is 18.8. The van der Waals surface area contributed by atoms with Crippen molar-refractivity contribution in [3.05, 3.63) is 59.4 Å². The number of primary amides is 1. The minimum atomic E-state index is -0.614. The third kappa shape index (κ3) is 4.05. The summed E-state index contributed by atoms with van der Waals surface area (Å²) in [5.74, 6) is -1.27. The van der Waals surface area contributed by atoms with Crippen LogP contribution in [0.4, 0.5) is 10.1 Å². The number of benzene rings is 2. The minimum absolute atomic E-state index is 0.0963. The van der Waals surface area contributed by atoms with E-state index in [1.165, 1.54) is 18.2 Å².